The molecule has 0 unspecified atom stereocenters. The van der Waals surface area contributed by atoms with Crippen molar-refractivity contribution < 1.29 is 0 Å². The van der Waals surface area contributed by atoms with Crippen LogP contribution in [-0.4, -0.2) is 4.57 Å². The van der Waals surface area contributed by atoms with Crippen molar-refractivity contribution in [2.24, 2.45) is 0 Å². The van der Waals surface area contributed by atoms with Gasteiger partial charge in [-0.25, -0.2) is 0 Å². The lowest BCUT2D eigenvalue weighted by Crippen LogP contribution is -2.12. The number of aromatic nitrogens is 1. The molecular weight excluding hydrogens is 749 g/mol. The first-order valence-electron chi connectivity index (χ1n) is 21.3. The summed E-state index contributed by atoms with van der Waals surface area (Å²) in [5.41, 5.74) is 18.4. The van der Waals surface area contributed by atoms with Gasteiger partial charge in [-0.05, 0) is 105 Å². The Hall–Kier alpha value is -8.20. The molecule has 0 saturated heterocycles. The Balaban J connectivity index is 1.20. The van der Waals surface area contributed by atoms with E-state index in [1.807, 2.05) is 0 Å². The SMILES string of the molecule is c1ccc(-c2cc(-c3ccccc3)cc(N(c3ccc4c5ccccc5n(-c5ccccc5)c4c3)c3ccccc3-c3ccccc3-c3ccccc3-c3ccccc3)c2)cc1. The minimum atomic E-state index is 1.07. The molecule has 1 heterocycles. The normalized spacial score (nSPS) is 11.2. The number of anilines is 3. The van der Waals surface area contributed by atoms with E-state index in [1.54, 1.807) is 0 Å². The van der Waals surface area contributed by atoms with E-state index in [1.165, 1.54) is 55.2 Å². The van der Waals surface area contributed by atoms with Crippen molar-refractivity contribution in [2.45, 2.75) is 0 Å². The first kappa shape index (κ1) is 36.8. The molecule has 0 spiro atoms. The van der Waals surface area contributed by atoms with Crippen molar-refractivity contribution in [3.63, 3.8) is 0 Å². The van der Waals surface area contributed by atoms with Crippen molar-refractivity contribution in [1.29, 1.82) is 0 Å². The fourth-order valence-corrected chi connectivity index (χ4v) is 9.15. The van der Waals surface area contributed by atoms with Gasteiger partial charge in [0, 0.05) is 33.4 Å². The first-order valence-corrected chi connectivity index (χ1v) is 21.3. The molecule has 0 atom stereocenters. The highest BCUT2D eigenvalue weighted by molar-refractivity contribution is 6.11. The average molecular weight is 791 g/mol. The fourth-order valence-electron chi connectivity index (χ4n) is 9.15. The number of rotatable bonds is 9. The van der Waals surface area contributed by atoms with Crippen LogP contribution in [0.4, 0.5) is 17.1 Å². The molecule has 11 rings (SSSR count). The standard InChI is InChI=1S/C60H42N2/c1-5-21-43(22-6-1)46-39-47(44-23-7-2-8-24-44)41-50(40-46)61(49-37-38-57-56-34-18-20-36-59(56)62(60(57)42-49)48-27-11-4-12-28-48)58-35-19-17-33-55(58)54-32-16-15-31-53(54)52-30-14-13-29-51(52)45-25-9-3-10-26-45/h1-42H. The van der Waals surface area contributed by atoms with Crippen molar-refractivity contribution in [2.75, 3.05) is 4.90 Å². The maximum Gasteiger partial charge on any atom is 0.0561 e. The van der Waals surface area contributed by atoms with Crippen LogP contribution < -0.4 is 4.90 Å². The van der Waals surface area contributed by atoms with Crippen molar-refractivity contribution in [3.8, 4) is 61.3 Å². The predicted molar refractivity (Wildman–Crippen MR) is 263 cm³/mol. The number of benzene rings is 10. The molecule has 0 aliphatic heterocycles. The van der Waals surface area contributed by atoms with Gasteiger partial charge in [0.2, 0.25) is 0 Å². The third-order valence-corrected chi connectivity index (χ3v) is 12.0. The van der Waals surface area contributed by atoms with Gasteiger partial charge in [0.05, 0.1) is 16.7 Å². The lowest BCUT2D eigenvalue weighted by Gasteiger charge is -2.30. The zero-order valence-electron chi connectivity index (χ0n) is 34.1. The van der Waals surface area contributed by atoms with E-state index in [0.29, 0.717) is 0 Å². The van der Waals surface area contributed by atoms with E-state index < -0.39 is 0 Å². The van der Waals surface area contributed by atoms with Gasteiger partial charge in [-0.15, -0.1) is 0 Å². The lowest BCUT2D eigenvalue weighted by atomic mass is 9.88. The van der Waals surface area contributed by atoms with Crippen LogP contribution in [0.15, 0.2) is 255 Å². The van der Waals surface area contributed by atoms with E-state index in [0.717, 1.165) is 45.0 Å². The molecule has 2 nitrogen and oxygen atoms in total. The van der Waals surface area contributed by atoms with Gasteiger partial charge in [0.1, 0.15) is 0 Å². The second kappa shape index (κ2) is 16.1. The molecule has 2 heteroatoms. The number of hydrogen-bond donors (Lipinski definition) is 0. The molecule has 292 valence electrons. The van der Waals surface area contributed by atoms with Crippen LogP contribution >= 0.6 is 0 Å². The molecule has 0 radical (unpaired) electrons. The molecule has 0 N–H and O–H groups in total. The molecule has 10 aromatic carbocycles. The summed E-state index contributed by atoms with van der Waals surface area (Å²) in [6.07, 6.45) is 0. The number of nitrogens with zero attached hydrogens (tertiary/aromatic N) is 2. The van der Waals surface area contributed by atoms with E-state index in [2.05, 4.69) is 264 Å². The first-order chi connectivity index (χ1) is 30.8. The topological polar surface area (TPSA) is 8.17 Å². The van der Waals surface area contributed by atoms with Gasteiger partial charge < -0.3 is 9.47 Å². The molecule has 0 aliphatic carbocycles. The zero-order chi connectivity index (χ0) is 41.2. The van der Waals surface area contributed by atoms with Crippen LogP contribution in [0.1, 0.15) is 0 Å². The monoisotopic (exact) mass is 790 g/mol. The largest absolute Gasteiger partial charge is 0.310 e. The summed E-state index contributed by atoms with van der Waals surface area (Å²) in [7, 11) is 0. The Bertz CT molecular complexity index is 3270. The molecule has 1 aromatic heterocycles. The number of fused-ring (bicyclic) bond motifs is 3. The molecule has 0 aliphatic rings. The molecular formula is C60H42N2. The second-order valence-corrected chi connectivity index (χ2v) is 15.7. The van der Waals surface area contributed by atoms with Gasteiger partial charge in [-0.2, -0.15) is 0 Å². The third-order valence-electron chi connectivity index (χ3n) is 12.0. The maximum atomic E-state index is 2.47. The van der Waals surface area contributed by atoms with Gasteiger partial charge in [0.25, 0.3) is 0 Å². The molecule has 0 bridgehead atoms. The van der Waals surface area contributed by atoms with E-state index in [4.69, 9.17) is 0 Å². The Kier molecular flexibility index (Phi) is 9.57. The average Bonchev–Trinajstić information content (AvgIpc) is 3.69. The minimum absolute atomic E-state index is 1.07. The van der Waals surface area contributed by atoms with Crippen molar-refractivity contribution in [1.82, 2.24) is 4.57 Å². The summed E-state index contributed by atoms with van der Waals surface area (Å²) in [4.78, 5) is 2.47. The summed E-state index contributed by atoms with van der Waals surface area (Å²) < 4.78 is 2.41. The molecule has 0 saturated carbocycles. The Morgan fingerprint density at radius 2 is 0.710 bits per heavy atom. The quantitative estimate of drug-likeness (QED) is 0.141. The Morgan fingerprint density at radius 1 is 0.258 bits per heavy atom. The Labute approximate surface area is 362 Å². The predicted octanol–water partition coefficient (Wildman–Crippen LogP) is 16.6. The van der Waals surface area contributed by atoms with Crippen LogP contribution in [0.2, 0.25) is 0 Å². The molecule has 62 heavy (non-hydrogen) atoms. The lowest BCUT2D eigenvalue weighted by molar-refractivity contribution is 1.18. The van der Waals surface area contributed by atoms with Gasteiger partial charge in [0.15, 0.2) is 0 Å². The van der Waals surface area contributed by atoms with E-state index >= 15 is 0 Å². The van der Waals surface area contributed by atoms with E-state index in [-0.39, 0.29) is 0 Å². The maximum absolute atomic E-state index is 2.47. The van der Waals surface area contributed by atoms with Crippen LogP contribution in [-0.2, 0) is 0 Å². The zero-order valence-corrected chi connectivity index (χ0v) is 34.1. The van der Waals surface area contributed by atoms with Crippen LogP contribution in [0.3, 0.4) is 0 Å². The van der Waals surface area contributed by atoms with Crippen molar-refractivity contribution in [3.05, 3.63) is 255 Å². The third kappa shape index (κ3) is 6.74. The van der Waals surface area contributed by atoms with Gasteiger partial charge >= 0.3 is 0 Å². The van der Waals surface area contributed by atoms with Crippen molar-refractivity contribution >= 4 is 38.9 Å². The molecule has 0 amide bonds. The highest BCUT2D eigenvalue weighted by Gasteiger charge is 2.23. The van der Waals surface area contributed by atoms with Crippen LogP contribution in [0.5, 0.6) is 0 Å². The number of para-hydroxylation sites is 3. The van der Waals surface area contributed by atoms with Gasteiger partial charge in [-0.3, -0.25) is 0 Å². The summed E-state index contributed by atoms with van der Waals surface area (Å²) in [6, 6.07) is 92.3. The van der Waals surface area contributed by atoms with Crippen LogP contribution in [0.25, 0.3) is 83.1 Å². The smallest absolute Gasteiger partial charge is 0.0561 e. The molecule has 0 fully saturated rings. The summed E-state index contributed by atoms with van der Waals surface area (Å²) in [5.74, 6) is 0. The molecule has 11 aromatic rings. The summed E-state index contributed by atoms with van der Waals surface area (Å²) in [6.45, 7) is 0. The van der Waals surface area contributed by atoms with Crippen LogP contribution in [0, 0.1) is 0 Å². The highest BCUT2D eigenvalue weighted by atomic mass is 15.1. The summed E-state index contributed by atoms with van der Waals surface area (Å²) in [5, 5.41) is 2.45. The minimum Gasteiger partial charge on any atom is -0.310 e. The summed E-state index contributed by atoms with van der Waals surface area (Å²) >= 11 is 0. The Morgan fingerprint density at radius 3 is 1.34 bits per heavy atom. The second-order valence-electron chi connectivity index (χ2n) is 15.7. The number of hydrogen-bond acceptors (Lipinski definition) is 1. The van der Waals surface area contributed by atoms with Gasteiger partial charge in [-0.1, -0.05) is 200 Å². The fraction of sp³-hybridized carbons (Fsp3) is 0. The highest BCUT2D eigenvalue weighted by Crippen LogP contribution is 2.47. The van der Waals surface area contributed by atoms with E-state index in [9.17, 15) is 0 Å².